The van der Waals surface area contributed by atoms with Crippen LogP contribution in [0.1, 0.15) is 42.5 Å². The van der Waals surface area contributed by atoms with Gasteiger partial charge in [-0.2, -0.15) is 0 Å². The summed E-state index contributed by atoms with van der Waals surface area (Å²) in [6.45, 7) is 0.577. The van der Waals surface area contributed by atoms with Crippen LogP contribution in [0, 0.1) is 16.0 Å². The van der Waals surface area contributed by atoms with E-state index in [1.165, 1.54) is 25.3 Å². The van der Waals surface area contributed by atoms with Crippen molar-refractivity contribution in [3.05, 3.63) is 27.9 Å². The molecule has 7 nitrogen and oxygen atoms in total. The average molecular weight is 292 g/mol. The fourth-order valence-electron chi connectivity index (χ4n) is 2.64. The number of hydrogen-bond donors (Lipinski definition) is 2. The first kappa shape index (κ1) is 15.2. The number of carbonyl (C=O) groups excluding carboxylic acids is 1. The molecule has 0 bridgehead atoms. The summed E-state index contributed by atoms with van der Waals surface area (Å²) in [4.78, 5) is 26.5. The van der Waals surface area contributed by atoms with E-state index >= 15 is 0 Å². The van der Waals surface area contributed by atoms with E-state index in [4.69, 9.17) is 0 Å². The van der Waals surface area contributed by atoms with Crippen LogP contribution < -0.4 is 10.6 Å². The number of hydrogen-bond acceptors (Lipinski definition) is 5. The molecule has 1 saturated carbocycles. The lowest BCUT2D eigenvalue weighted by molar-refractivity contribution is -0.385. The number of nitrogens with zero attached hydrogens (tertiary/aromatic N) is 2. The van der Waals surface area contributed by atoms with E-state index in [1.54, 1.807) is 7.05 Å². The summed E-state index contributed by atoms with van der Waals surface area (Å²) < 4.78 is 0. The molecule has 1 aliphatic rings. The van der Waals surface area contributed by atoms with E-state index in [2.05, 4.69) is 15.6 Å². The lowest BCUT2D eigenvalue weighted by Crippen LogP contribution is -2.30. The Balaban J connectivity index is 2.07. The van der Waals surface area contributed by atoms with Crippen LogP contribution in [0.4, 0.5) is 11.5 Å². The first-order valence-corrected chi connectivity index (χ1v) is 7.22. The van der Waals surface area contributed by atoms with Gasteiger partial charge in [-0.15, -0.1) is 0 Å². The number of carbonyl (C=O) groups is 1. The van der Waals surface area contributed by atoms with Gasteiger partial charge in [-0.3, -0.25) is 14.9 Å². The Morgan fingerprint density at radius 3 is 2.76 bits per heavy atom. The van der Waals surface area contributed by atoms with E-state index in [-0.39, 0.29) is 11.3 Å². The maximum atomic E-state index is 12.2. The molecular formula is C14H20N4O3. The Hall–Kier alpha value is -2.18. The summed E-state index contributed by atoms with van der Waals surface area (Å²) in [6, 6.07) is 1.41. The SMILES string of the molecule is CNc1cc(C(=O)NCC2CCCCC2)c([N+](=O)[O-])cn1. The Morgan fingerprint density at radius 2 is 2.14 bits per heavy atom. The van der Waals surface area contributed by atoms with Crippen molar-refractivity contribution in [2.45, 2.75) is 32.1 Å². The molecule has 21 heavy (non-hydrogen) atoms. The van der Waals surface area contributed by atoms with Crippen molar-refractivity contribution in [2.75, 3.05) is 18.9 Å². The molecule has 1 heterocycles. The molecule has 114 valence electrons. The maximum Gasteiger partial charge on any atom is 0.300 e. The van der Waals surface area contributed by atoms with Crippen molar-refractivity contribution in [1.29, 1.82) is 0 Å². The standard InChI is InChI=1S/C14H20N4O3/c1-15-13-7-11(12(9-16-13)18(20)21)14(19)17-8-10-5-3-2-4-6-10/h7,9-10H,2-6,8H2,1H3,(H,15,16)(H,17,19). The highest BCUT2D eigenvalue weighted by Gasteiger charge is 2.22. The number of pyridine rings is 1. The van der Waals surface area contributed by atoms with Crippen LogP contribution in [0.3, 0.4) is 0 Å². The van der Waals surface area contributed by atoms with Crippen molar-refractivity contribution in [3.63, 3.8) is 0 Å². The predicted octanol–water partition coefficient (Wildman–Crippen LogP) is 2.34. The van der Waals surface area contributed by atoms with Crippen molar-refractivity contribution in [3.8, 4) is 0 Å². The third kappa shape index (κ3) is 3.90. The zero-order valence-corrected chi connectivity index (χ0v) is 12.1. The van der Waals surface area contributed by atoms with Crippen molar-refractivity contribution >= 4 is 17.4 Å². The fourth-order valence-corrected chi connectivity index (χ4v) is 2.64. The second kappa shape index (κ2) is 7.01. The summed E-state index contributed by atoms with van der Waals surface area (Å²) in [5, 5.41) is 16.6. The summed E-state index contributed by atoms with van der Waals surface area (Å²) in [6.07, 6.45) is 6.98. The largest absolute Gasteiger partial charge is 0.373 e. The van der Waals surface area contributed by atoms with E-state index in [0.29, 0.717) is 18.3 Å². The molecule has 0 spiro atoms. The summed E-state index contributed by atoms with van der Waals surface area (Å²) in [5.74, 6) is 0.502. The molecule has 7 heteroatoms. The molecule has 2 rings (SSSR count). The number of nitrogens with one attached hydrogen (secondary N) is 2. The molecule has 0 atom stereocenters. The van der Waals surface area contributed by atoms with Crippen LogP contribution in [0.2, 0.25) is 0 Å². The van der Waals surface area contributed by atoms with Gasteiger partial charge in [-0.05, 0) is 18.8 Å². The minimum atomic E-state index is -0.581. The topological polar surface area (TPSA) is 97.2 Å². The second-order valence-corrected chi connectivity index (χ2v) is 5.31. The predicted molar refractivity (Wildman–Crippen MR) is 79.3 cm³/mol. The zero-order valence-electron chi connectivity index (χ0n) is 12.1. The van der Waals surface area contributed by atoms with Gasteiger partial charge in [0.25, 0.3) is 11.6 Å². The van der Waals surface area contributed by atoms with Crippen molar-refractivity contribution in [1.82, 2.24) is 10.3 Å². The highest BCUT2D eigenvalue weighted by molar-refractivity contribution is 5.98. The van der Waals surface area contributed by atoms with Crippen LogP contribution in [-0.4, -0.2) is 29.4 Å². The summed E-state index contributed by atoms with van der Waals surface area (Å²) >= 11 is 0. The average Bonchev–Trinajstić information content (AvgIpc) is 2.52. The molecule has 0 aromatic carbocycles. The monoisotopic (exact) mass is 292 g/mol. The van der Waals surface area contributed by atoms with Gasteiger partial charge in [0.15, 0.2) is 0 Å². The zero-order chi connectivity index (χ0) is 15.2. The Labute approximate surface area is 123 Å². The molecule has 1 amide bonds. The Morgan fingerprint density at radius 1 is 1.43 bits per heavy atom. The molecule has 0 saturated heterocycles. The van der Waals surface area contributed by atoms with Gasteiger partial charge in [-0.25, -0.2) is 4.98 Å². The highest BCUT2D eigenvalue weighted by Crippen LogP contribution is 2.24. The fraction of sp³-hybridized carbons (Fsp3) is 0.571. The molecule has 0 aliphatic heterocycles. The second-order valence-electron chi connectivity index (χ2n) is 5.31. The van der Waals surface area contributed by atoms with Gasteiger partial charge in [-0.1, -0.05) is 19.3 Å². The molecule has 1 aromatic rings. The van der Waals surface area contributed by atoms with Crippen molar-refractivity contribution in [2.24, 2.45) is 5.92 Å². The third-order valence-corrected chi connectivity index (χ3v) is 3.86. The highest BCUT2D eigenvalue weighted by atomic mass is 16.6. The van der Waals surface area contributed by atoms with E-state index < -0.39 is 10.8 Å². The first-order chi connectivity index (χ1) is 10.1. The van der Waals surface area contributed by atoms with Crippen LogP contribution in [0.15, 0.2) is 12.3 Å². The molecular weight excluding hydrogens is 272 g/mol. The van der Waals surface area contributed by atoms with Crippen LogP contribution in [-0.2, 0) is 0 Å². The third-order valence-electron chi connectivity index (χ3n) is 3.86. The molecule has 0 unspecified atom stereocenters. The van der Waals surface area contributed by atoms with Gasteiger partial charge in [0.1, 0.15) is 17.6 Å². The Bertz CT molecular complexity index is 527. The van der Waals surface area contributed by atoms with Crippen LogP contribution in [0.25, 0.3) is 0 Å². The van der Waals surface area contributed by atoms with E-state index in [9.17, 15) is 14.9 Å². The van der Waals surface area contributed by atoms with Gasteiger partial charge in [0.05, 0.1) is 4.92 Å². The number of aromatic nitrogens is 1. The van der Waals surface area contributed by atoms with Gasteiger partial charge in [0, 0.05) is 19.7 Å². The normalized spacial score (nSPS) is 15.5. The molecule has 1 aromatic heterocycles. The molecule has 2 N–H and O–H groups in total. The number of rotatable bonds is 5. The number of anilines is 1. The minimum Gasteiger partial charge on any atom is -0.373 e. The van der Waals surface area contributed by atoms with Gasteiger partial charge >= 0.3 is 0 Å². The summed E-state index contributed by atoms with van der Waals surface area (Å²) in [7, 11) is 1.65. The smallest absolute Gasteiger partial charge is 0.300 e. The number of nitro groups is 1. The molecule has 1 fully saturated rings. The molecule has 0 radical (unpaired) electrons. The number of amides is 1. The Kier molecular flexibility index (Phi) is 5.08. The van der Waals surface area contributed by atoms with Gasteiger partial charge < -0.3 is 10.6 Å². The van der Waals surface area contributed by atoms with Crippen LogP contribution >= 0.6 is 0 Å². The quantitative estimate of drug-likeness (QED) is 0.641. The first-order valence-electron chi connectivity index (χ1n) is 7.22. The minimum absolute atomic E-state index is 0.0511. The van der Waals surface area contributed by atoms with E-state index in [0.717, 1.165) is 19.0 Å². The lowest BCUT2D eigenvalue weighted by Gasteiger charge is -2.21. The summed E-state index contributed by atoms with van der Waals surface area (Å²) in [5.41, 5.74) is -0.217. The van der Waals surface area contributed by atoms with Crippen molar-refractivity contribution < 1.29 is 9.72 Å². The van der Waals surface area contributed by atoms with E-state index in [1.807, 2.05) is 0 Å². The van der Waals surface area contributed by atoms with Crippen LogP contribution in [0.5, 0.6) is 0 Å². The molecule has 1 aliphatic carbocycles. The lowest BCUT2D eigenvalue weighted by atomic mass is 9.89. The maximum absolute atomic E-state index is 12.2. The van der Waals surface area contributed by atoms with Gasteiger partial charge in [0.2, 0.25) is 0 Å².